The van der Waals surface area contributed by atoms with E-state index >= 15 is 0 Å². The van der Waals surface area contributed by atoms with Crippen molar-refractivity contribution in [2.24, 2.45) is 11.1 Å². The van der Waals surface area contributed by atoms with Gasteiger partial charge in [0.15, 0.2) is 0 Å². The molecule has 0 aliphatic carbocycles. The van der Waals surface area contributed by atoms with Crippen LogP contribution >= 0.6 is 0 Å². The van der Waals surface area contributed by atoms with Crippen LogP contribution < -0.4 is 4.74 Å². The molecule has 0 fully saturated rings. The van der Waals surface area contributed by atoms with Gasteiger partial charge < -0.3 is 4.74 Å². The zero-order valence-electron chi connectivity index (χ0n) is 12.1. The van der Waals surface area contributed by atoms with Gasteiger partial charge in [-0.2, -0.15) is 4.31 Å². The van der Waals surface area contributed by atoms with Gasteiger partial charge in [-0.15, -0.1) is 4.91 Å². The SMILES string of the molecule is COc1ccc(S(=O)(=O)N(CC(=O)N=O)CC(C)C)cc1. The number of amides is 1. The molecule has 0 N–H and O–H groups in total. The van der Waals surface area contributed by atoms with Gasteiger partial charge in [0.25, 0.3) is 0 Å². The molecule has 0 aliphatic heterocycles. The molecule has 0 spiro atoms. The monoisotopic (exact) mass is 314 g/mol. The summed E-state index contributed by atoms with van der Waals surface area (Å²) in [4.78, 5) is 21.4. The molecule has 0 unspecified atom stereocenters. The number of methoxy groups -OCH3 is 1. The summed E-state index contributed by atoms with van der Waals surface area (Å²) in [5.74, 6) is -0.500. The van der Waals surface area contributed by atoms with Crippen LogP contribution in [0.25, 0.3) is 0 Å². The quantitative estimate of drug-likeness (QED) is 0.713. The number of sulfonamides is 1. The molecule has 1 amide bonds. The van der Waals surface area contributed by atoms with Crippen molar-refractivity contribution in [1.82, 2.24) is 4.31 Å². The predicted molar refractivity (Wildman–Crippen MR) is 77.4 cm³/mol. The lowest BCUT2D eigenvalue weighted by Crippen LogP contribution is -2.37. The molecule has 0 heterocycles. The average Bonchev–Trinajstić information content (AvgIpc) is 2.45. The van der Waals surface area contributed by atoms with Gasteiger partial charge >= 0.3 is 5.91 Å². The number of nitroso groups, excluding NO2 is 1. The molecule has 0 saturated heterocycles. The summed E-state index contributed by atoms with van der Waals surface area (Å²) in [6, 6.07) is 5.81. The lowest BCUT2D eigenvalue weighted by molar-refractivity contribution is -0.118. The fourth-order valence-electron chi connectivity index (χ4n) is 1.73. The normalized spacial score (nSPS) is 11.7. The third-order valence-electron chi connectivity index (χ3n) is 2.68. The van der Waals surface area contributed by atoms with Crippen molar-refractivity contribution in [3.8, 4) is 5.75 Å². The number of nitrogens with zero attached hydrogens (tertiary/aromatic N) is 2. The minimum Gasteiger partial charge on any atom is -0.497 e. The Hall–Kier alpha value is -1.80. The highest BCUT2D eigenvalue weighted by atomic mass is 32.2. The second kappa shape index (κ2) is 7.28. The molecule has 0 atom stereocenters. The van der Waals surface area contributed by atoms with Crippen molar-refractivity contribution in [1.29, 1.82) is 0 Å². The predicted octanol–water partition coefficient (Wildman–Crippen LogP) is 1.63. The van der Waals surface area contributed by atoms with Crippen LogP contribution in [0.5, 0.6) is 5.75 Å². The van der Waals surface area contributed by atoms with Gasteiger partial charge in [0.05, 0.1) is 18.6 Å². The second-order valence-electron chi connectivity index (χ2n) is 4.85. The third kappa shape index (κ3) is 4.61. The van der Waals surface area contributed by atoms with Gasteiger partial charge in [0.2, 0.25) is 10.0 Å². The van der Waals surface area contributed by atoms with E-state index < -0.39 is 22.5 Å². The molecule has 0 radical (unpaired) electrons. The summed E-state index contributed by atoms with van der Waals surface area (Å²) in [6.45, 7) is 3.19. The first-order valence-corrected chi connectivity index (χ1v) is 7.75. The smallest absolute Gasteiger partial charge is 0.301 e. The van der Waals surface area contributed by atoms with Crippen LogP contribution in [0.1, 0.15) is 13.8 Å². The minimum atomic E-state index is -3.87. The van der Waals surface area contributed by atoms with Crippen molar-refractivity contribution >= 4 is 15.9 Å². The highest BCUT2D eigenvalue weighted by molar-refractivity contribution is 7.89. The van der Waals surface area contributed by atoms with Gasteiger partial charge in [-0.3, -0.25) is 4.79 Å². The molecule has 0 saturated carbocycles. The molecule has 116 valence electrons. The van der Waals surface area contributed by atoms with E-state index in [1.54, 1.807) is 0 Å². The number of ether oxygens (including phenoxy) is 1. The Balaban J connectivity index is 3.12. The van der Waals surface area contributed by atoms with E-state index in [1.165, 1.54) is 31.4 Å². The first-order valence-electron chi connectivity index (χ1n) is 6.31. The summed E-state index contributed by atoms with van der Waals surface area (Å²) in [6.07, 6.45) is 0. The molecule has 0 aromatic heterocycles. The Bertz CT molecular complexity index is 595. The molecular formula is C13H18N2O5S. The van der Waals surface area contributed by atoms with E-state index in [2.05, 4.69) is 5.18 Å². The maximum Gasteiger partial charge on any atom is 0.301 e. The van der Waals surface area contributed by atoms with Crippen molar-refractivity contribution in [2.75, 3.05) is 20.2 Å². The van der Waals surface area contributed by atoms with Gasteiger partial charge in [0, 0.05) is 11.7 Å². The molecule has 8 heteroatoms. The molecule has 7 nitrogen and oxygen atoms in total. The Kier molecular flexibility index (Phi) is 5.98. The molecule has 1 aromatic rings. The number of benzene rings is 1. The van der Waals surface area contributed by atoms with E-state index in [0.29, 0.717) is 5.75 Å². The largest absolute Gasteiger partial charge is 0.497 e. The Labute approximate surface area is 123 Å². The van der Waals surface area contributed by atoms with Crippen LogP contribution in [0, 0.1) is 10.8 Å². The number of carbonyl (C=O) groups is 1. The zero-order valence-corrected chi connectivity index (χ0v) is 13.0. The van der Waals surface area contributed by atoms with Crippen LogP contribution in [-0.4, -0.2) is 38.8 Å². The summed E-state index contributed by atoms with van der Waals surface area (Å²) < 4.78 is 30.9. The third-order valence-corrected chi connectivity index (χ3v) is 4.51. The Morgan fingerprint density at radius 3 is 2.29 bits per heavy atom. The average molecular weight is 314 g/mol. The number of carbonyl (C=O) groups excluding carboxylic acids is 1. The molecule has 0 aliphatic rings. The second-order valence-corrected chi connectivity index (χ2v) is 6.79. The van der Waals surface area contributed by atoms with E-state index in [-0.39, 0.29) is 17.4 Å². The molecular weight excluding hydrogens is 296 g/mol. The maximum absolute atomic E-state index is 12.5. The lowest BCUT2D eigenvalue weighted by Gasteiger charge is -2.22. The molecule has 1 aromatic carbocycles. The van der Waals surface area contributed by atoms with Crippen LogP contribution in [0.15, 0.2) is 34.3 Å². The molecule has 0 bridgehead atoms. The van der Waals surface area contributed by atoms with Crippen molar-refractivity contribution in [2.45, 2.75) is 18.7 Å². The summed E-state index contributed by atoms with van der Waals surface area (Å²) >= 11 is 0. The van der Waals surface area contributed by atoms with Crippen molar-refractivity contribution in [3.05, 3.63) is 29.2 Å². The summed E-state index contributed by atoms with van der Waals surface area (Å²) in [5.41, 5.74) is 0. The maximum atomic E-state index is 12.5. The highest BCUT2D eigenvalue weighted by Gasteiger charge is 2.27. The van der Waals surface area contributed by atoms with Gasteiger partial charge in [-0.1, -0.05) is 13.8 Å². The fourth-order valence-corrected chi connectivity index (χ4v) is 3.28. The lowest BCUT2D eigenvalue weighted by atomic mass is 10.2. The topological polar surface area (TPSA) is 93.1 Å². The van der Waals surface area contributed by atoms with Crippen LogP contribution in [0.3, 0.4) is 0 Å². The first-order chi connectivity index (χ1) is 9.81. The van der Waals surface area contributed by atoms with Crippen molar-refractivity contribution < 1.29 is 17.9 Å². The standard InChI is InChI=1S/C13H18N2O5S/c1-10(2)8-15(9-13(16)14-17)21(18,19)12-6-4-11(20-3)5-7-12/h4-7,10H,8-9H2,1-3H3. The molecule has 1 rings (SSSR count). The van der Waals surface area contributed by atoms with E-state index in [4.69, 9.17) is 4.74 Å². The zero-order chi connectivity index (χ0) is 16.0. The Morgan fingerprint density at radius 1 is 1.29 bits per heavy atom. The minimum absolute atomic E-state index is 0.00234. The number of rotatable bonds is 7. The summed E-state index contributed by atoms with van der Waals surface area (Å²) in [5, 5.41) is 2.26. The van der Waals surface area contributed by atoms with Gasteiger partial charge in [-0.05, 0) is 30.2 Å². The van der Waals surface area contributed by atoms with Crippen LogP contribution in [0.2, 0.25) is 0 Å². The Morgan fingerprint density at radius 2 is 1.86 bits per heavy atom. The van der Waals surface area contributed by atoms with Crippen LogP contribution in [0.4, 0.5) is 0 Å². The summed E-state index contributed by atoms with van der Waals surface area (Å²) in [7, 11) is -2.39. The van der Waals surface area contributed by atoms with Gasteiger partial charge in [-0.25, -0.2) is 8.42 Å². The van der Waals surface area contributed by atoms with E-state index in [1.807, 2.05) is 13.8 Å². The highest BCUT2D eigenvalue weighted by Crippen LogP contribution is 2.20. The van der Waals surface area contributed by atoms with Crippen LogP contribution in [-0.2, 0) is 14.8 Å². The first kappa shape index (κ1) is 17.3. The number of hydrogen-bond donors (Lipinski definition) is 0. The van der Waals surface area contributed by atoms with E-state index in [9.17, 15) is 18.1 Å². The van der Waals surface area contributed by atoms with Crippen molar-refractivity contribution in [3.63, 3.8) is 0 Å². The van der Waals surface area contributed by atoms with Gasteiger partial charge in [0.1, 0.15) is 5.75 Å². The number of hydrogen-bond acceptors (Lipinski definition) is 5. The molecule has 21 heavy (non-hydrogen) atoms. The fraction of sp³-hybridized carbons (Fsp3) is 0.462. The van der Waals surface area contributed by atoms with E-state index in [0.717, 1.165) is 4.31 Å².